The van der Waals surface area contributed by atoms with Crippen molar-refractivity contribution in [3.05, 3.63) is 143 Å². The van der Waals surface area contributed by atoms with Gasteiger partial charge in [-0.05, 0) is 67.0 Å². The predicted octanol–water partition coefficient (Wildman–Crippen LogP) is 11.7. The first-order valence-electron chi connectivity index (χ1n) is 17.5. The minimum Gasteiger partial charge on any atom is 0 e. The number of benzene rings is 5. The average molecular weight is 925 g/mol. The van der Waals surface area contributed by atoms with E-state index in [0.29, 0.717) is 33.9 Å². The molecule has 8 aromatic rings. The number of para-hydroxylation sites is 2. The van der Waals surface area contributed by atoms with E-state index < -0.39 is 13.3 Å². The summed E-state index contributed by atoms with van der Waals surface area (Å²) in [5, 5.41) is 1.24. The fraction of sp³-hybridized carbons (Fsp3) is 0.200. The third-order valence-electron chi connectivity index (χ3n) is 9.45. The molecule has 4 nitrogen and oxygen atoms in total. The molecule has 0 aliphatic heterocycles. The molecule has 265 valence electrons. The van der Waals surface area contributed by atoms with Crippen LogP contribution in [0.5, 0.6) is 0 Å². The van der Waals surface area contributed by atoms with E-state index in [4.69, 9.17) is 9.40 Å². The van der Waals surface area contributed by atoms with Gasteiger partial charge in [-0.25, -0.2) is 0 Å². The second kappa shape index (κ2) is 14.9. The van der Waals surface area contributed by atoms with Gasteiger partial charge in [-0.15, -0.1) is 12.1 Å². The molecule has 5 aromatic carbocycles. The SMILES string of the molecule is Cc1cc(C)c(-n2c(-c3[c-]cc(F)c4c3oc3cc(C(C)C)ccc34)nc3ccccc32)c(C)c1.[CH3][Ge]([CH3])([CH3])[c]1ccc(-c2[c-]cccc2)nc1.[Ir]. The number of fused-ring (bicyclic) bond motifs is 4. The van der Waals surface area contributed by atoms with Crippen LogP contribution >= 0.6 is 0 Å². The zero-order valence-electron chi connectivity index (χ0n) is 30.9. The van der Waals surface area contributed by atoms with Gasteiger partial charge >= 0.3 is 99.8 Å². The summed E-state index contributed by atoms with van der Waals surface area (Å²) in [6.07, 6.45) is 2.04. The Bertz CT molecular complexity index is 2510. The zero-order chi connectivity index (χ0) is 36.0. The molecule has 0 fully saturated rings. The van der Waals surface area contributed by atoms with Crippen molar-refractivity contribution in [1.82, 2.24) is 14.5 Å². The molecule has 0 aliphatic rings. The monoisotopic (exact) mass is 926 g/mol. The number of halogens is 1. The van der Waals surface area contributed by atoms with Crippen molar-refractivity contribution in [3.63, 3.8) is 0 Å². The summed E-state index contributed by atoms with van der Waals surface area (Å²) in [5.41, 5.74) is 11.5. The number of hydrogen-bond acceptors (Lipinski definition) is 3. The summed E-state index contributed by atoms with van der Waals surface area (Å²) in [7, 11) is 0. The maximum atomic E-state index is 15.2. The van der Waals surface area contributed by atoms with Crippen LogP contribution in [-0.4, -0.2) is 27.8 Å². The van der Waals surface area contributed by atoms with Crippen molar-refractivity contribution in [2.75, 3.05) is 0 Å². The standard InChI is InChI=1S/C31H26FN2O.C14H16GeN.Ir/c1-17(2)21-10-11-22-27(16-21)35-30-23(12-13-24(32)28(22)30)31-33-25-8-6-7-9-26(25)34(31)29-19(4)14-18(3)15-20(29)5;1-15(2,3)13-9-10-14(16-11-13)12-7-5-4-6-8-12;/h6-11,13-17H,1-5H3;4-7,9-11H,1-3H3;/q2*-1;. The van der Waals surface area contributed by atoms with E-state index in [0.717, 1.165) is 50.1 Å². The Morgan fingerprint density at radius 1 is 0.846 bits per heavy atom. The van der Waals surface area contributed by atoms with Gasteiger partial charge in [0.2, 0.25) is 0 Å². The van der Waals surface area contributed by atoms with Crippen LogP contribution in [0.4, 0.5) is 4.39 Å². The van der Waals surface area contributed by atoms with E-state index in [2.05, 4.69) is 104 Å². The first-order chi connectivity index (χ1) is 24.4. The Morgan fingerprint density at radius 3 is 2.23 bits per heavy atom. The molecule has 52 heavy (non-hydrogen) atoms. The van der Waals surface area contributed by atoms with Gasteiger partial charge in [0.05, 0.1) is 22.4 Å². The Balaban J connectivity index is 0.000000230. The molecule has 0 atom stereocenters. The summed E-state index contributed by atoms with van der Waals surface area (Å²) in [5.74, 6) is 7.84. The summed E-state index contributed by atoms with van der Waals surface area (Å²) < 4.78 is 25.1. The van der Waals surface area contributed by atoms with E-state index in [-0.39, 0.29) is 25.9 Å². The molecular weight excluding hydrogens is 882 g/mol. The maximum absolute atomic E-state index is 15.2. The molecule has 1 radical (unpaired) electrons. The number of imidazole rings is 1. The van der Waals surface area contributed by atoms with Gasteiger partial charge in [-0.3, -0.25) is 9.37 Å². The van der Waals surface area contributed by atoms with E-state index in [1.54, 1.807) is 0 Å². The number of rotatable bonds is 5. The van der Waals surface area contributed by atoms with Crippen LogP contribution in [0.2, 0.25) is 17.3 Å². The summed E-state index contributed by atoms with van der Waals surface area (Å²) in [4.78, 5) is 9.54. The van der Waals surface area contributed by atoms with Crippen LogP contribution in [0.15, 0.2) is 108 Å². The second-order valence-corrected chi connectivity index (χ2v) is 25.3. The van der Waals surface area contributed by atoms with Crippen molar-refractivity contribution in [2.24, 2.45) is 0 Å². The molecular formula is C45H42FGeIrN3O-2. The van der Waals surface area contributed by atoms with Gasteiger partial charge in [0.25, 0.3) is 0 Å². The first-order valence-corrected chi connectivity index (χ1v) is 24.8. The van der Waals surface area contributed by atoms with Gasteiger partial charge in [0.15, 0.2) is 0 Å². The Hall–Kier alpha value is -4.36. The third-order valence-corrected chi connectivity index (χ3v) is 13.7. The number of aryl methyl sites for hydroxylation is 3. The summed E-state index contributed by atoms with van der Waals surface area (Å²) in [6.45, 7) is 10.6. The van der Waals surface area contributed by atoms with E-state index >= 15 is 4.39 Å². The van der Waals surface area contributed by atoms with Gasteiger partial charge in [0.1, 0.15) is 5.58 Å². The normalized spacial score (nSPS) is 11.6. The molecule has 0 unspecified atom stereocenters. The number of aromatic nitrogens is 3. The molecule has 0 aliphatic carbocycles. The van der Waals surface area contributed by atoms with Crippen LogP contribution in [0.25, 0.3) is 61.3 Å². The fourth-order valence-electron chi connectivity index (χ4n) is 6.82. The van der Waals surface area contributed by atoms with Crippen molar-refractivity contribution >= 4 is 50.6 Å². The number of furan rings is 1. The number of nitrogens with zero attached hydrogens (tertiary/aromatic N) is 3. The molecule has 0 saturated heterocycles. The van der Waals surface area contributed by atoms with Gasteiger partial charge in [-0.2, -0.15) is 0 Å². The zero-order valence-corrected chi connectivity index (χ0v) is 35.3. The average Bonchev–Trinajstić information content (AvgIpc) is 3.68. The molecule has 0 N–H and O–H groups in total. The number of hydrogen-bond donors (Lipinski definition) is 0. The van der Waals surface area contributed by atoms with Crippen molar-refractivity contribution in [1.29, 1.82) is 0 Å². The van der Waals surface area contributed by atoms with E-state index in [1.165, 1.54) is 16.0 Å². The van der Waals surface area contributed by atoms with E-state index in [9.17, 15) is 0 Å². The molecule has 8 rings (SSSR count). The molecule has 3 heterocycles. The van der Waals surface area contributed by atoms with E-state index in [1.807, 2.05) is 66.9 Å². The third kappa shape index (κ3) is 7.17. The Morgan fingerprint density at radius 2 is 1.58 bits per heavy atom. The van der Waals surface area contributed by atoms with Crippen LogP contribution in [0.1, 0.15) is 42.0 Å². The molecule has 0 bridgehead atoms. The summed E-state index contributed by atoms with van der Waals surface area (Å²) in [6, 6.07) is 38.5. The van der Waals surface area contributed by atoms with Crippen LogP contribution in [0.3, 0.4) is 0 Å². The Kier molecular flexibility index (Phi) is 10.7. The molecule has 3 aromatic heterocycles. The van der Waals surface area contributed by atoms with Gasteiger partial charge in [-0.1, -0.05) is 61.4 Å². The Labute approximate surface area is 321 Å². The largest absolute Gasteiger partial charge is 0 e. The minimum atomic E-state index is -1.72. The number of pyridine rings is 1. The predicted molar refractivity (Wildman–Crippen MR) is 212 cm³/mol. The van der Waals surface area contributed by atoms with Crippen LogP contribution in [-0.2, 0) is 20.1 Å². The topological polar surface area (TPSA) is 43.9 Å². The van der Waals surface area contributed by atoms with Crippen LogP contribution < -0.4 is 4.40 Å². The molecule has 0 spiro atoms. The van der Waals surface area contributed by atoms with Gasteiger partial charge < -0.3 is 8.98 Å². The van der Waals surface area contributed by atoms with Crippen molar-refractivity contribution in [3.8, 4) is 28.3 Å². The summed E-state index contributed by atoms with van der Waals surface area (Å²) >= 11 is -1.72. The van der Waals surface area contributed by atoms with Crippen LogP contribution in [0, 0.1) is 38.7 Å². The first kappa shape index (κ1) is 37.4. The molecule has 0 amide bonds. The molecule has 7 heteroatoms. The second-order valence-electron chi connectivity index (χ2n) is 14.7. The minimum absolute atomic E-state index is 0. The molecule has 0 saturated carbocycles. The van der Waals surface area contributed by atoms with Crippen molar-refractivity contribution in [2.45, 2.75) is 57.8 Å². The maximum Gasteiger partial charge on any atom is 0 e. The quantitative estimate of drug-likeness (QED) is 0.128. The smallest absolute Gasteiger partial charge is 0 e. The van der Waals surface area contributed by atoms with Crippen molar-refractivity contribution < 1.29 is 28.9 Å². The van der Waals surface area contributed by atoms with Gasteiger partial charge in [0, 0.05) is 37.0 Å². The fourth-order valence-corrected chi connectivity index (χ4v) is 8.99.